The van der Waals surface area contributed by atoms with Gasteiger partial charge in [-0.3, -0.25) is 4.79 Å². The maximum Gasteiger partial charge on any atom is 0.319 e. The molecule has 0 fully saturated rings. The summed E-state index contributed by atoms with van der Waals surface area (Å²) in [6, 6.07) is 8.25. The molecule has 15 heavy (non-hydrogen) atoms. The average Bonchev–Trinajstić information content (AvgIpc) is 2.20. The zero-order valence-corrected chi connectivity index (χ0v) is 8.42. The summed E-state index contributed by atoms with van der Waals surface area (Å²) in [7, 11) is 0. The smallest absolute Gasteiger partial charge is 0.319 e. The molecule has 1 aromatic carbocycles. The van der Waals surface area contributed by atoms with E-state index in [1.165, 1.54) is 6.92 Å². The number of benzene rings is 1. The molecule has 0 aliphatic heterocycles. The number of aliphatic carboxylic acids is 1. The number of aliphatic hydroxyl groups is 2. The predicted octanol–water partition coefficient (Wildman–Crippen LogP) is 0.382. The molecule has 0 saturated heterocycles. The van der Waals surface area contributed by atoms with Crippen molar-refractivity contribution in [1.82, 2.24) is 0 Å². The first-order chi connectivity index (χ1) is 7.05. The molecule has 2 atom stereocenters. The lowest BCUT2D eigenvalue weighted by molar-refractivity contribution is -0.150. The van der Waals surface area contributed by atoms with Crippen LogP contribution in [0.4, 0.5) is 0 Å². The van der Waals surface area contributed by atoms with Crippen LogP contribution in [-0.4, -0.2) is 34.0 Å². The van der Waals surface area contributed by atoms with Crippen molar-refractivity contribution < 1.29 is 20.1 Å². The van der Waals surface area contributed by atoms with Crippen molar-refractivity contribution in [2.75, 3.05) is 6.61 Å². The van der Waals surface area contributed by atoms with Crippen LogP contribution in [0, 0.1) is 0 Å². The van der Waals surface area contributed by atoms with E-state index in [2.05, 4.69) is 0 Å². The number of hydrogen-bond acceptors (Lipinski definition) is 3. The molecule has 0 aliphatic rings. The van der Waals surface area contributed by atoms with Crippen molar-refractivity contribution in [2.45, 2.75) is 18.4 Å². The van der Waals surface area contributed by atoms with Crippen molar-refractivity contribution in [3.8, 4) is 0 Å². The summed E-state index contributed by atoms with van der Waals surface area (Å²) in [5.41, 5.74) is -1.24. The number of carbonyl (C=O) groups is 1. The quantitative estimate of drug-likeness (QED) is 0.671. The predicted molar refractivity (Wildman–Crippen MR) is 54.5 cm³/mol. The van der Waals surface area contributed by atoms with Crippen LogP contribution in [0.5, 0.6) is 0 Å². The Morgan fingerprint density at radius 3 is 2.27 bits per heavy atom. The Bertz CT molecular complexity index is 334. The van der Waals surface area contributed by atoms with Crippen LogP contribution in [0.2, 0.25) is 0 Å². The molecule has 3 N–H and O–H groups in total. The van der Waals surface area contributed by atoms with E-state index in [4.69, 9.17) is 5.11 Å². The van der Waals surface area contributed by atoms with E-state index in [0.717, 1.165) is 0 Å². The van der Waals surface area contributed by atoms with Gasteiger partial charge in [-0.05, 0) is 12.5 Å². The topological polar surface area (TPSA) is 77.8 Å². The minimum Gasteiger partial charge on any atom is -0.480 e. The number of carboxylic acid groups (broad SMARTS) is 1. The molecular formula is C11H14O4. The molecule has 0 aliphatic carbocycles. The Morgan fingerprint density at radius 1 is 1.40 bits per heavy atom. The first kappa shape index (κ1) is 11.7. The van der Waals surface area contributed by atoms with Gasteiger partial charge in [-0.2, -0.15) is 0 Å². The highest BCUT2D eigenvalue weighted by atomic mass is 16.4. The van der Waals surface area contributed by atoms with Gasteiger partial charge in [0.05, 0.1) is 12.7 Å². The molecule has 0 bridgehead atoms. The molecular weight excluding hydrogens is 196 g/mol. The first-order valence-corrected chi connectivity index (χ1v) is 4.63. The van der Waals surface area contributed by atoms with Gasteiger partial charge in [-0.25, -0.2) is 0 Å². The monoisotopic (exact) mass is 210 g/mol. The van der Waals surface area contributed by atoms with E-state index in [1.807, 2.05) is 0 Å². The highest BCUT2D eigenvalue weighted by Crippen LogP contribution is 2.28. The third-order valence-corrected chi connectivity index (χ3v) is 2.63. The van der Waals surface area contributed by atoms with Crippen LogP contribution in [-0.2, 0) is 10.2 Å². The number of hydrogen-bond donors (Lipinski definition) is 3. The molecule has 82 valence electrons. The zero-order valence-electron chi connectivity index (χ0n) is 8.42. The molecule has 0 radical (unpaired) electrons. The lowest BCUT2D eigenvalue weighted by atomic mass is 9.77. The van der Waals surface area contributed by atoms with E-state index in [-0.39, 0.29) is 0 Å². The van der Waals surface area contributed by atoms with Crippen LogP contribution in [0.15, 0.2) is 30.3 Å². The summed E-state index contributed by atoms with van der Waals surface area (Å²) in [5.74, 6) is -1.23. The molecule has 1 rings (SSSR count). The van der Waals surface area contributed by atoms with Gasteiger partial charge in [0.15, 0.2) is 0 Å². The molecule has 0 saturated carbocycles. The summed E-state index contributed by atoms with van der Waals surface area (Å²) in [5, 5.41) is 27.9. The van der Waals surface area contributed by atoms with Crippen molar-refractivity contribution >= 4 is 5.97 Å². The summed E-state index contributed by atoms with van der Waals surface area (Å²) >= 11 is 0. The fourth-order valence-corrected chi connectivity index (χ4v) is 1.57. The largest absolute Gasteiger partial charge is 0.480 e. The van der Waals surface area contributed by atoms with E-state index in [0.29, 0.717) is 5.56 Å². The lowest BCUT2D eigenvalue weighted by Gasteiger charge is -2.30. The summed E-state index contributed by atoms with van der Waals surface area (Å²) in [6.45, 7) is 0.724. The Kier molecular flexibility index (Phi) is 3.44. The van der Waals surface area contributed by atoms with Gasteiger partial charge in [-0.15, -0.1) is 0 Å². The second kappa shape index (κ2) is 4.42. The van der Waals surface area contributed by atoms with E-state index >= 15 is 0 Å². The molecule has 0 amide bonds. The normalized spacial score (nSPS) is 16.7. The van der Waals surface area contributed by atoms with Crippen LogP contribution in [0.3, 0.4) is 0 Å². The van der Waals surface area contributed by atoms with Gasteiger partial charge in [0.25, 0.3) is 0 Å². The van der Waals surface area contributed by atoms with Gasteiger partial charge < -0.3 is 15.3 Å². The van der Waals surface area contributed by atoms with E-state index in [9.17, 15) is 15.0 Å². The first-order valence-electron chi connectivity index (χ1n) is 4.63. The molecule has 0 heterocycles. The minimum absolute atomic E-state index is 0.398. The second-order valence-electron chi connectivity index (χ2n) is 3.48. The fourth-order valence-electron chi connectivity index (χ4n) is 1.57. The van der Waals surface area contributed by atoms with Crippen molar-refractivity contribution in [2.24, 2.45) is 0 Å². The molecule has 4 heteroatoms. The fraction of sp³-hybridized carbons (Fsp3) is 0.364. The van der Waals surface area contributed by atoms with Crippen LogP contribution < -0.4 is 0 Å². The molecule has 0 aromatic heterocycles. The maximum absolute atomic E-state index is 11.2. The zero-order chi connectivity index (χ0) is 11.5. The van der Waals surface area contributed by atoms with Crippen molar-refractivity contribution in [3.05, 3.63) is 35.9 Å². The van der Waals surface area contributed by atoms with E-state index < -0.39 is 24.1 Å². The Labute approximate surface area is 87.8 Å². The SMILES string of the molecule is CC(O)C(CO)(C(=O)O)c1ccccc1. The third-order valence-electron chi connectivity index (χ3n) is 2.63. The number of aliphatic hydroxyl groups excluding tert-OH is 2. The molecule has 1 aromatic rings. The Balaban J connectivity index is 3.28. The number of rotatable bonds is 4. The molecule has 0 spiro atoms. The lowest BCUT2D eigenvalue weighted by Crippen LogP contribution is -2.48. The van der Waals surface area contributed by atoms with Crippen LogP contribution >= 0.6 is 0 Å². The van der Waals surface area contributed by atoms with Crippen molar-refractivity contribution in [1.29, 1.82) is 0 Å². The van der Waals surface area contributed by atoms with Crippen LogP contribution in [0.25, 0.3) is 0 Å². The van der Waals surface area contributed by atoms with Crippen molar-refractivity contribution in [3.63, 3.8) is 0 Å². The van der Waals surface area contributed by atoms with Gasteiger partial charge in [0.2, 0.25) is 0 Å². The standard InChI is InChI=1S/C11H14O4/c1-8(13)11(7-12,10(14)15)9-5-3-2-4-6-9/h2-6,8,12-13H,7H2,1H3,(H,14,15). The highest BCUT2D eigenvalue weighted by molar-refractivity contribution is 5.82. The minimum atomic E-state index is -1.64. The third kappa shape index (κ3) is 1.86. The van der Waals surface area contributed by atoms with Gasteiger partial charge in [0, 0.05) is 0 Å². The van der Waals surface area contributed by atoms with Gasteiger partial charge >= 0.3 is 5.97 Å². The highest BCUT2D eigenvalue weighted by Gasteiger charge is 2.44. The average molecular weight is 210 g/mol. The molecule has 2 unspecified atom stereocenters. The summed E-state index contributed by atoms with van der Waals surface area (Å²) < 4.78 is 0. The van der Waals surface area contributed by atoms with Gasteiger partial charge in [0.1, 0.15) is 5.41 Å². The maximum atomic E-state index is 11.2. The summed E-state index contributed by atoms with van der Waals surface area (Å²) in [4.78, 5) is 11.2. The Hall–Kier alpha value is -1.39. The second-order valence-corrected chi connectivity index (χ2v) is 3.48. The van der Waals surface area contributed by atoms with Gasteiger partial charge in [-0.1, -0.05) is 30.3 Å². The Morgan fingerprint density at radius 2 is 1.93 bits per heavy atom. The number of carboxylic acids is 1. The van der Waals surface area contributed by atoms with E-state index in [1.54, 1.807) is 30.3 Å². The molecule has 4 nitrogen and oxygen atoms in total. The van der Waals surface area contributed by atoms with Crippen LogP contribution in [0.1, 0.15) is 12.5 Å². The summed E-state index contributed by atoms with van der Waals surface area (Å²) in [6.07, 6.45) is -1.16.